The van der Waals surface area contributed by atoms with Gasteiger partial charge in [0.1, 0.15) is 6.10 Å². The lowest BCUT2D eigenvalue weighted by molar-refractivity contribution is -0.130. The first-order valence-electron chi connectivity index (χ1n) is 6.28. The molecule has 2 rings (SSSR count). The number of benzene rings is 1. The molecule has 0 unspecified atom stereocenters. The van der Waals surface area contributed by atoms with Gasteiger partial charge >= 0.3 is 0 Å². The summed E-state index contributed by atoms with van der Waals surface area (Å²) in [4.78, 5) is 12.0. The third kappa shape index (κ3) is 3.07. The third-order valence-electron chi connectivity index (χ3n) is 3.15. The lowest BCUT2D eigenvalue weighted by Gasteiger charge is -2.19. The van der Waals surface area contributed by atoms with Gasteiger partial charge in [-0.1, -0.05) is 37.3 Å². The van der Waals surface area contributed by atoms with Crippen molar-refractivity contribution in [3.05, 3.63) is 35.9 Å². The molecule has 3 nitrogen and oxygen atoms in total. The van der Waals surface area contributed by atoms with Crippen LogP contribution < -0.4 is 5.32 Å². The number of hydrogen-bond acceptors (Lipinski definition) is 2. The normalized spacial score (nSPS) is 21.1. The molecule has 1 aliphatic heterocycles. The van der Waals surface area contributed by atoms with Gasteiger partial charge in [-0.05, 0) is 24.8 Å². The summed E-state index contributed by atoms with van der Waals surface area (Å²) in [5, 5.41) is 3.06. The van der Waals surface area contributed by atoms with E-state index in [4.69, 9.17) is 4.74 Å². The lowest BCUT2D eigenvalue weighted by atomic mass is 10.0. The average molecular weight is 233 g/mol. The number of amides is 1. The van der Waals surface area contributed by atoms with Gasteiger partial charge in [0.2, 0.25) is 5.91 Å². The van der Waals surface area contributed by atoms with Crippen molar-refractivity contribution in [2.45, 2.75) is 38.3 Å². The van der Waals surface area contributed by atoms with Gasteiger partial charge in [-0.3, -0.25) is 4.79 Å². The van der Waals surface area contributed by atoms with E-state index in [1.54, 1.807) is 0 Å². The first-order valence-corrected chi connectivity index (χ1v) is 6.28. The molecule has 1 amide bonds. The second-order valence-corrected chi connectivity index (χ2v) is 4.38. The quantitative estimate of drug-likeness (QED) is 0.867. The van der Waals surface area contributed by atoms with E-state index in [0.717, 1.165) is 24.8 Å². The van der Waals surface area contributed by atoms with Crippen LogP contribution in [0.5, 0.6) is 0 Å². The molecule has 3 heteroatoms. The number of rotatable bonds is 4. The Bertz CT molecular complexity index is 358. The van der Waals surface area contributed by atoms with Crippen LogP contribution in [0.15, 0.2) is 30.3 Å². The molecular formula is C14H19NO2. The fraction of sp³-hybridized carbons (Fsp3) is 0.500. The van der Waals surface area contributed by atoms with Crippen LogP contribution >= 0.6 is 0 Å². The van der Waals surface area contributed by atoms with Crippen LogP contribution in [-0.2, 0) is 9.53 Å². The number of hydrogen-bond donors (Lipinski definition) is 1. The SMILES string of the molecule is CC[C@H](NC(=O)[C@@H]1CCCO1)c1ccccc1. The van der Waals surface area contributed by atoms with Gasteiger partial charge in [0.25, 0.3) is 0 Å². The summed E-state index contributed by atoms with van der Waals surface area (Å²) in [6.45, 7) is 2.79. The van der Waals surface area contributed by atoms with Crippen LogP contribution in [-0.4, -0.2) is 18.6 Å². The Hall–Kier alpha value is -1.35. The smallest absolute Gasteiger partial charge is 0.249 e. The highest BCUT2D eigenvalue weighted by atomic mass is 16.5. The summed E-state index contributed by atoms with van der Waals surface area (Å²) in [5.74, 6) is 0.0261. The maximum atomic E-state index is 12.0. The topological polar surface area (TPSA) is 38.3 Å². The van der Waals surface area contributed by atoms with E-state index in [1.165, 1.54) is 0 Å². The van der Waals surface area contributed by atoms with Crippen molar-refractivity contribution in [1.82, 2.24) is 5.32 Å². The molecule has 1 aromatic carbocycles. The summed E-state index contributed by atoms with van der Waals surface area (Å²) in [6.07, 6.45) is 2.48. The van der Waals surface area contributed by atoms with Gasteiger partial charge in [0.05, 0.1) is 6.04 Å². The highest BCUT2D eigenvalue weighted by molar-refractivity contribution is 5.81. The minimum absolute atomic E-state index is 0.0261. The Morgan fingerprint density at radius 3 is 2.82 bits per heavy atom. The van der Waals surface area contributed by atoms with E-state index in [0.29, 0.717) is 6.61 Å². The second-order valence-electron chi connectivity index (χ2n) is 4.38. The van der Waals surface area contributed by atoms with E-state index in [-0.39, 0.29) is 18.1 Å². The molecule has 2 atom stereocenters. The van der Waals surface area contributed by atoms with Crippen molar-refractivity contribution in [2.24, 2.45) is 0 Å². The molecule has 1 aromatic rings. The highest BCUT2D eigenvalue weighted by Gasteiger charge is 2.25. The van der Waals surface area contributed by atoms with E-state index < -0.39 is 0 Å². The molecule has 0 radical (unpaired) electrons. The van der Waals surface area contributed by atoms with Gasteiger partial charge in [0, 0.05) is 6.61 Å². The minimum atomic E-state index is -0.243. The summed E-state index contributed by atoms with van der Waals surface area (Å²) < 4.78 is 5.38. The molecule has 1 heterocycles. The van der Waals surface area contributed by atoms with Gasteiger partial charge in [0.15, 0.2) is 0 Å². The maximum absolute atomic E-state index is 12.0. The van der Waals surface area contributed by atoms with Crippen LogP contribution in [0.4, 0.5) is 0 Å². The van der Waals surface area contributed by atoms with Crippen molar-refractivity contribution >= 4 is 5.91 Å². The van der Waals surface area contributed by atoms with E-state index >= 15 is 0 Å². The molecule has 0 bridgehead atoms. The zero-order valence-electron chi connectivity index (χ0n) is 10.2. The van der Waals surface area contributed by atoms with Crippen LogP contribution in [0.1, 0.15) is 37.8 Å². The van der Waals surface area contributed by atoms with Crippen LogP contribution in [0, 0.1) is 0 Å². The number of ether oxygens (including phenoxy) is 1. The molecule has 1 fully saturated rings. The molecule has 1 N–H and O–H groups in total. The standard InChI is InChI=1S/C14H19NO2/c1-2-12(11-7-4-3-5-8-11)15-14(16)13-9-6-10-17-13/h3-5,7-8,12-13H,2,6,9-10H2,1H3,(H,15,16)/t12-,13-/m0/s1. The van der Waals surface area contributed by atoms with Crippen molar-refractivity contribution < 1.29 is 9.53 Å². The first kappa shape index (κ1) is 12.1. The van der Waals surface area contributed by atoms with E-state index in [9.17, 15) is 4.79 Å². The molecular weight excluding hydrogens is 214 g/mol. The fourth-order valence-corrected chi connectivity index (χ4v) is 2.16. The Morgan fingerprint density at radius 2 is 2.24 bits per heavy atom. The second kappa shape index (κ2) is 5.82. The Balaban J connectivity index is 1.97. The average Bonchev–Trinajstić information content (AvgIpc) is 2.90. The van der Waals surface area contributed by atoms with Crippen molar-refractivity contribution in [3.63, 3.8) is 0 Å². The van der Waals surface area contributed by atoms with Crippen molar-refractivity contribution in [3.8, 4) is 0 Å². The van der Waals surface area contributed by atoms with E-state index in [2.05, 4.69) is 12.2 Å². The van der Waals surface area contributed by atoms with Crippen molar-refractivity contribution in [1.29, 1.82) is 0 Å². The molecule has 0 saturated carbocycles. The molecule has 1 aliphatic rings. The zero-order valence-corrected chi connectivity index (χ0v) is 10.2. The molecule has 92 valence electrons. The highest BCUT2D eigenvalue weighted by Crippen LogP contribution is 2.18. The maximum Gasteiger partial charge on any atom is 0.249 e. The van der Waals surface area contributed by atoms with Gasteiger partial charge in [-0.25, -0.2) is 0 Å². The Morgan fingerprint density at radius 1 is 1.47 bits per heavy atom. The molecule has 0 aliphatic carbocycles. The van der Waals surface area contributed by atoms with Gasteiger partial charge < -0.3 is 10.1 Å². The fourth-order valence-electron chi connectivity index (χ4n) is 2.16. The van der Waals surface area contributed by atoms with Crippen LogP contribution in [0.25, 0.3) is 0 Å². The van der Waals surface area contributed by atoms with E-state index in [1.807, 2.05) is 30.3 Å². The molecule has 0 aromatic heterocycles. The van der Waals surface area contributed by atoms with Gasteiger partial charge in [-0.2, -0.15) is 0 Å². The van der Waals surface area contributed by atoms with Crippen molar-refractivity contribution in [2.75, 3.05) is 6.61 Å². The predicted octanol–water partition coefficient (Wildman–Crippen LogP) is 2.43. The summed E-state index contributed by atoms with van der Waals surface area (Å²) in [5.41, 5.74) is 1.15. The monoisotopic (exact) mass is 233 g/mol. The number of carbonyl (C=O) groups is 1. The molecule has 1 saturated heterocycles. The Kier molecular flexibility index (Phi) is 4.15. The first-order chi connectivity index (χ1) is 8.31. The zero-order chi connectivity index (χ0) is 12.1. The van der Waals surface area contributed by atoms with Gasteiger partial charge in [-0.15, -0.1) is 0 Å². The number of nitrogens with one attached hydrogen (secondary N) is 1. The van der Waals surface area contributed by atoms with Crippen LogP contribution in [0.3, 0.4) is 0 Å². The lowest BCUT2D eigenvalue weighted by Crippen LogP contribution is -2.36. The molecule has 17 heavy (non-hydrogen) atoms. The summed E-state index contributed by atoms with van der Waals surface area (Å²) in [6, 6.07) is 10.2. The predicted molar refractivity (Wildman–Crippen MR) is 66.6 cm³/mol. The molecule has 0 spiro atoms. The summed E-state index contributed by atoms with van der Waals surface area (Å²) in [7, 11) is 0. The third-order valence-corrected chi connectivity index (χ3v) is 3.15. The minimum Gasteiger partial charge on any atom is -0.368 e. The van der Waals surface area contributed by atoms with Crippen LogP contribution in [0.2, 0.25) is 0 Å². The number of carbonyl (C=O) groups excluding carboxylic acids is 1. The Labute approximate surface area is 102 Å². The largest absolute Gasteiger partial charge is 0.368 e. The summed E-state index contributed by atoms with van der Waals surface area (Å²) >= 11 is 0.